The summed E-state index contributed by atoms with van der Waals surface area (Å²) in [6, 6.07) is 18.3. The van der Waals surface area contributed by atoms with Gasteiger partial charge in [0.05, 0.1) is 13.3 Å². The average Bonchev–Trinajstić information content (AvgIpc) is 3.28. The lowest BCUT2D eigenvalue weighted by atomic mass is 9.84. The maximum Gasteiger partial charge on any atom is 0.150 e. The van der Waals surface area contributed by atoms with Crippen LogP contribution in [0.5, 0.6) is 28.7 Å². The van der Waals surface area contributed by atoms with Gasteiger partial charge in [0.25, 0.3) is 0 Å². The number of alkyl halides is 1. The first kappa shape index (κ1) is 23.7. The summed E-state index contributed by atoms with van der Waals surface area (Å²) in [5.74, 6) is 2.47. The van der Waals surface area contributed by atoms with Gasteiger partial charge in [-0.1, -0.05) is 12.1 Å². The number of halogens is 1. The fourth-order valence-electron chi connectivity index (χ4n) is 5.54. The third-order valence-electron chi connectivity index (χ3n) is 7.43. The number of hydrogen-bond acceptors (Lipinski definition) is 6. The van der Waals surface area contributed by atoms with Gasteiger partial charge in [-0.3, -0.25) is 9.29 Å². The van der Waals surface area contributed by atoms with E-state index in [9.17, 15) is 14.6 Å². The standard InChI is InChI=1S/C30H30FNO5/c31-17-19-9-11-32(18-19)12-14-35-23-5-1-20(2-6-23)30-29-25(24-7-3-22(34)16-28(24)37-30)10-13-36-27-15-21(33)4-8-26(27)29/h1-8,15-16,19,30,33-34H,9-14,17-18H2/t19-,30-/m0/s1. The number of phenols is 2. The molecular formula is C30H30FNO5. The number of likely N-dealkylation sites (tertiary alicyclic amines) is 1. The second-order valence-electron chi connectivity index (χ2n) is 9.88. The Morgan fingerprint density at radius 1 is 0.946 bits per heavy atom. The van der Waals surface area contributed by atoms with E-state index in [1.54, 1.807) is 24.3 Å². The molecule has 0 radical (unpaired) electrons. The molecule has 0 unspecified atom stereocenters. The molecule has 7 heteroatoms. The normalized spacial score (nSPS) is 20.8. The van der Waals surface area contributed by atoms with Crippen molar-refractivity contribution in [2.75, 3.05) is 39.5 Å². The van der Waals surface area contributed by atoms with Crippen LogP contribution in [0.1, 0.15) is 35.6 Å². The van der Waals surface area contributed by atoms with Gasteiger partial charge >= 0.3 is 0 Å². The summed E-state index contributed by atoms with van der Waals surface area (Å²) in [6.45, 7) is 3.28. The van der Waals surface area contributed by atoms with Gasteiger partial charge in [-0.25, -0.2) is 0 Å². The lowest BCUT2D eigenvalue weighted by molar-refractivity contribution is 0.228. The first-order chi connectivity index (χ1) is 18.1. The van der Waals surface area contributed by atoms with Crippen LogP contribution in [0.15, 0.2) is 60.7 Å². The van der Waals surface area contributed by atoms with Crippen molar-refractivity contribution >= 4 is 11.1 Å². The van der Waals surface area contributed by atoms with Crippen molar-refractivity contribution in [3.05, 3.63) is 77.4 Å². The van der Waals surface area contributed by atoms with E-state index in [1.807, 2.05) is 36.4 Å². The molecule has 0 aliphatic carbocycles. The molecule has 3 aliphatic heterocycles. The maximum absolute atomic E-state index is 12.9. The van der Waals surface area contributed by atoms with Crippen molar-refractivity contribution in [2.45, 2.75) is 18.9 Å². The van der Waals surface area contributed by atoms with Gasteiger partial charge in [0.2, 0.25) is 0 Å². The van der Waals surface area contributed by atoms with Crippen LogP contribution in [0.3, 0.4) is 0 Å². The zero-order chi connectivity index (χ0) is 25.4. The van der Waals surface area contributed by atoms with E-state index in [0.717, 1.165) is 59.6 Å². The van der Waals surface area contributed by atoms with Crippen LogP contribution in [0.4, 0.5) is 4.39 Å². The lowest BCUT2D eigenvalue weighted by Crippen LogP contribution is -2.26. The largest absolute Gasteiger partial charge is 0.508 e. The number of rotatable bonds is 6. The molecule has 3 aliphatic rings. The summed E-state index contributed by atoms with van der Waals surface area (Å²) < 4.78 is 31.4. The van der Waals surface area contributed by atoms with Crippen molar-refractivity contribution in [3.63, 3.8) is 0 Å². The summed E-state index contributed by atoms with van der Waals surface area (Å²) in [4.78, 5) is 2.25. The van der Waals surface area contributed by atoms with E-state index >= 15 is 0 Å². The first-order valence-corrected chi connectivity index (χ1v) is 12.8. The molecule has 0 saturated carbocycles. The van der Waals surface area contributed by atoms with Gasteiger partial charge in [0, 0.05) is 54.3 Å². The minimum Gasteiger partial charge on any atom is -0.508 e. The molecule has 1 saturated heterocycles. The molecule has 0 bridgehead atoms. The fourth-order valence-corrected chi connectivity index (χ4v) is 5.54. The molecule has 2 atom stereocenters. The summed E-state index contributed by atoms with van der Waals surface area (Å²) >= 11 is 0. The minimum absolute atomic E-state index is 0.149. The van der Waals surface area contributed by atoms with Gasteiger partial charge in [-0.05, 0) is 60.5 Å². The number of aromatic hydroxyl groups is 2. The highest BCUT2D eigenvalue weighted by molar-refractivity contribution is 5.98. The van der Waals surface area contributed by atoms with Crippen LogP contribution in [-0.4, -0.2) is 54.6 Å². The molecule has 1 fully saturated rings. The molecule has 3 heterocycles. The van der Waals surface area contributed by atoms with Crippen molar-refractivity contribution < 1.29 is 28.8 Å². The van der Waals surface area contributed by atoms with Crippen LogP contribution in [0.25, 0.3) is 11.1 Å². The van der Waals surface area contributed by atoms with Crippen LogP contribution < -0.4 is 14.2 Å². The highest BCUT2D eigenvalue weighted by atomic mass is 19.1. The lowest BCUT2D eigenvalue weighted by Gasteiger charge is -2.31. The van der Waals surface area contributed by atoms with E-state index in [2.05, 4.69) is 4.90 Å². The van der Waals surface area contributed by atoms with E-state index in [0.29, 0.717) is 31.1 Å². The molecular weight excluding hydrogens is 473 g/mol. The number of ether oxygens (including phenoxy) is 3. The smallest absolute Gasteiger partial charge is 0.150 e. The highest BCUT2D eigenvalue weighted by Gasteiger charge is 2.34. The first-order valence-electron chi connectivity index (χ1n) is 12.8. The molecule has 192 valence electrons. The molecule has 0 aromatic heterocycles. The Kier molecular flexibility index (Phi) is 6.38. The number of fused-ring (bicyclic) bond motifs is 4. The number of benzene rings is 3. The summed E-state index contributed by atoms with van der Waals surface area (Å²) in [7, 11) is 0. The minimum atomic E-state index is -0.425. The van der Waals surface area contributed by atoms with E-state index in [-0.39, 0.29) is 24.1 Å². The van der Waals surface area contributed by atoms with Gasteiger partial charge < -0.3 is 24.4 Å². The van der Waals surface area contributed by atoms with E-state index < -0.39 is 6.10 Å². The fraction of sp³-hybridized carbons (Fsp3) is 0.333. The number of phenolic OH excluding ortho intramolecular Hbond substituents is 2. The zero-order valence-electron chi connectivity index (χ0n) is 20.5. The molecule has 3 aromatic carbocycles. The molecule has 3 aromatic rings. The predicted molar refractivity (Wildman–Crippen MR) is 139 cm³/mol. The van der Waals surface area contributed by atoms with Crippen molar-refractivity contribution in [1.82, 2.24) is 4.90 Å². The zero-order valence-corrected chi connectivity index (χ0v) is 20.5. The Hall–Kier alpha value is -3.71. The Morgan fingerprint density at radius 3 is 2.46 bits per heavy atom. The molecule has 6 rings (SSSR count). The Morgan fingerprint density at radius 2 is 1.70 bits per heavy atom. The van der Waals surface area contributed by atoms with Crippen molar-refractivity contribution in [1.29, 1.82) is 0 Å². The maximum atomic E-state index is 12.9. The quantitative estimate of drug-likeness (QED) is 0.457. The van der Waals surface area contributed by atoms with Gasteiger partial charge in [0.1, 0.15) is 41.5 Å². The second-order valence-corrected chi connectivity index (χ2v) is 9.88. The molecule has 37 heavy (non-hydrogen) atoms. The third kappa shape index (κ3) is 4.71. The van der Waals surface area contributed by atoms with Crippen LogP contribution in [0, 0.1) is 5.92 Å². The monoisotopic (exact) mass is 503 g/mol. The van der Waals surface area contributed by atoms with E-state index in [4.69, 9.17) is 14.2 Å². The van der Waals surface area contributed by atoms with Crippen LogP contribution in [-0.2, 0) is 0 Å². The van der Waals surface area contributed by atoms with Crippen LogP contribution >= 0.6 is 0 Å². The van der Waals surface area contributed by atoms with Gasteiger partial charge in [-0.15, -0.1) is 0 Å². The summed E-state index contributed by atoms with van der Waals surface area (Å²) in [6.07, 6.45) is 1.16. The van der Waals surface area contributed by atoms with Crippen LogP contribution in [0.2, 0.25) is 0 Å². The Balaban J connectivity index is 1.28. The summed E-state index contributed by atoms with van der Waals surface area (Å²) in [5.41, 5.74) is 4.86. The second kappa shape index (κ2) is 9.98. The van der Waals surface area contributed by atoms with Crippen molar-refractivity contribution in [2.24, 2.45) is 5.92 Å². The highest BCUT2D eigenvalue weighted by Crippen LogP contribution is 2.51. The SMILES string of the molecule is Oc1ccc2c(c1)O[C@@H](c1ccc(OCCN3CC[C@@H](CF)C3)cc1)C1=C2CCOc2cc(O)ccc21. The molecule has 6 nitrogen and oxygen atoms in total. The van der Waals surface area contributed by atoms with Gasteiger partial charge in [-0.2, -0.15) is 0 Å². The molecule has 2 N–H and O–H groups in total. The Bertz CT molecular complexity index is 1320. The van der Waals surface area contributed by atoms with Gasteiger partial charge in [0.15, 0.2) is 0 Å². The molecule has 0 spiro atoms. The summed E-state index contributed by atoms with van der Waals surface area (Å²) in [5, 5.41) is 20.2. The number of hydrogen-bond donors (Lipinski definition) is 2. The Labute approximate surface area is 215 Å². The predicted octanol–water partition coefficient (Wildman–Crippen LogP) is 5.60. The van der Waals surface area contributed by atoms with Crippen molar-refractivity contribution in [3.8, 4) is 28.7 Å². The third-order valence-corrected chi connectivity index (χ3v) is 7.43. The molecule has 0 amide bonds. The number of nitrogens with zero attached hydrogens (tertiary/aromatic N) is 1. The average molecular weight is 504 g/mol. The van der Waals surface area contributed by atoms with E-state index in [1.165, 1.54) is 0 Å². The topological polar surface area (TPSA) is 71.4 Å².